The highest BCUT2D eigenvalue weighted by Crippen LogP contribution is 2.33. The third-order valence-electron chi connectivity index (χ3n) is 2.58. The standard InChI is InChI=1S/C12H11BrClN3O3S/c1-20-11-4-7(13)9(15)5-12(11)21(18,19)17-10-6-16-3-2-8(10)14/h2-6,17H,15H2,1H3. The van der Waals surface area contributed by atoms with E-state index in [0.717, 1.165) is 0 Å². The van der Waals surface area contributed by atoms with Gasteiger partial charge in [0.25, 0.3) is 10.0 Å². The van der Waals surface area contributed by atoms with Crippen LogP contribution in [0.2, 0.25) is 5.02 Å². The van der Waals surface area contributed by atoms with E-state index in [4.69, 9.17) is 22.1 Å². The quantitative estimate of drug-likeness (QED) is 0.780. The summed E-state index contributed by atoms with van der Waals surface area (Å²) < 4.78 is 32.9. The third kappa shape index (κ3) is 3.39. The van der Waals surface area contributed by atoms with E-state index < -0.39 is 10.0 Å². The lowest BCUT2D eigenvalue weighted by Gasteiger charge is -2.13. The van der Waals surface area contributed by atoms with Crippen molar-refractivity contribution in [3.8, 4) is 5.75 Å². The average Bonchev–Trinajstić information content (AvgIpc) is 2.43. The molecule has 0 bridgehead atoms. The molecule has 0 aliphatic rings. The Morgan fingerprint density at radius 2 is 2.14 bits per heavy atom. The molecular formula is C12H11BrClN3O3S. The molecule has 0 amide bonds. The zero-order valence-corrected chi connectivity index (χ0v) is 14.0. The first-order chi connectivity index (χ1) is 9.85. The average molecular weight is 393 g/mol. The molecule has 6 nitrogen and oxygen atoms in total. The number of rotatable bonds is 4. The molecule has 2 rings (SSSR count). The second-order valence-corrected chi connectivity index (χ2v) is 6.90. The van der Waals surface area contributed by atoms with Crippen molar-refractivity contribution in [2.24, 2.45) is 0 Å². The van der Waals surface area contributed by atoms with E-state index in [9.17, 15) is 8.42 Å². The van der Waals surface area contributed by atoms with Crippen LogP contribution in [0, 0.1) is 0 Å². The van der Waals surface area contributed by atoms with Gasteiger partial charge in [0.15, 0.2) is 0 Å². The van der Waals surface area contributed by atoms with Crippen LogP contribution < -0.4 is 15.2 Å². The van der Waals surface area contributed by atoms with Gasteiger partial charge in [-0.25, -0.2) is 8.42 Å². The fourth-order valence-corrected chi connectivity index (χ4v) is 3.35. The Hall–Kier alpha value is -1.51. The Bertz CT molecular complexity index is 783. The number of halogens is 2. The second kappa shape index (κ2) is 6.08. The number of benzene rings is 1. The highest BCUT2D eigenvalue weighted by molar-refractivity contribution is 9.10. The zero-order valence-electron chi connectivity index (χ0n) is 10.8. The molecule has 1 aromatic heterocycles. The molecule has 0 aliphatic heterocycles. The number of hydrogen-bond donors (Lipinski definition) is 2. The normalized spacial score (nSPS) is 11.2. The topological polar surface area (TPSA) is 94.3 Å². The molecule has 0 unspecified atom stereocenters. The van der Waals surface area contributed by atoms with Crippen LogP contribution in [0.3, 0.4) is 0 Å². The van der Waals surface area contributed by atoms with E-state index in [1.54, 1.807) is 0 Å². The lowest BCUT2D eigenvalue weighted by Crippen LogP contribution is -2.15. The molecule has 0 fully saturated rings. The number of ether oxygens (including phenoxy) is 1. The van der Waals surface area contributed by atoms with Crippen LogP contribution in [-0.2, 0) is 10.0 Å². The number of nitrogens with one attached hydrogen (secondary N) is 1. The first kappa shape index (κ1) is 15.9. The molecule has 0 atom stereocenters. The van der Waals surface area contributed by atoms with Crippen molar-refractivity contribution in [3.05, 3.63) is 40.1 Å². The number of aromatic nitrogens is 1. The summed E-state index contributed by atoms with van der Waals surface area (Å²) >= 11 is 9.13. The molecular weight excluding hydrogens is 382 g/mol. The molecule has 21 heavy (non-hydrogen) atoms. The van der Waals surface area contributed by atoms with Gasteiger partial charge in [-0.3, -0.25) is 9.71 Å². The van der Waals surface area contributed by atoms with E-state index >= 15 is 0 Å². The number of hydrogen-bond acceptors (Lipinski definition) is 5. The van der Waals surface area contributed by atoms with Crippen molar-refractivity contribution in [2.75, 3.05) is 17.6 Å². The maximum atomic E-state index is 12.4. The Morgan fingerprint density at radius 3 is 2.76 bits per heavy atom. The second-order valence-electron chi connectivity index (χ2n) is 3.99. The van der Waals surface area contributed by atoms with Crippen LogP contribution in [-0.4, -0.2) is 20.5 Å². The number of pyridine rings is 1. The summed E-state index contributed by atoms with van der Waals surface area (Å²) in [6, 6.07) is 4.26. The van der Waals surface area contributed by atoms with Crippen LogP contribution in [0.1, 0.15) is 0 Å². The van der Waals surface area contributed by atoms with E-state index in [1.807, 2.05) is 0 Å². The minimum atomic E-state index is -3.92. The van der Waals surface area contributed by atoms with Gasteiger partial charge in [-0.05, 0) is 34.1 Å². The predicted octanol–water partition coefficient (Wildman–Crippen LogP) is 2.89. The Balaban J connectivity index is 2.50. The maximum Gasteiger partial charge on any atom is 0.265 e. The number of anilines is 2. The van der Waals surface area contributed by atoms with Crippen molar-refractivity contribution < 1.29 is 13.2 Å². The van der Waals surface area contributed by atoms with Crippen molar-refractivity contribution >= 4 is 48.9 Å². The highest BCUT2D eigenvalue weighted by Gasteiger charge is 2.22. The van der Waals surface area contributed by atoms with Crippen molar-refractivity contribution in [1.29, 1.82) is 0 Å². The molecule has 112 valence electrons. The molecule has 9 heteroatoms. The summed E-state index contributed by atoms with van der Waals surface area (Å²) in [4.78, 5) is 3.73. The van der Waals surface area contributed by atoms with Gasteiger partial charge < -0.3 is 10.5 Å². The van der Waals surface area contributed by atoms with Crippen LogP contribution in [0.25, 0.3) is 0 Å². The van der Waals surface area contributed by atoms with Crippen LogP contribution >= 0.6 is 27.5 Å². The highest BCUT2D eigenvalue weighted by atomic mass is 79.9. The third-order valence-corrected chi connectivity index (χ3v) is 4.99. The minimum absolute atomic E-state index is 0.0920. The van der Waals surface area contributed by atoms with Gasteiger partial charge in [0.05, 0.1) is 24.0 Å². The molecule has 0 saturated carbocycles. The lowest BCUT2D eigenvalue weighted by atomic mass is 10.3. The van der Waals surface area contributed by atoms with Crippen molar-refractivity contribution in [1.82, 2.24) is 4.98 Å². The molecule has 0 aliphatic carbocycles. The number of sulfonamides is 1. The molecule has 0 saturated heterocycles. The van der Waals surface area contributed by atoms with Gasteiger partial charge in [0.2, 0.25) is 0 Å². The van der Waals surface area contributed by atoms with Crippen molar-refractivity contribution in [3.63, 3.8) is 0 Å². The van der Waals surface area contributed by atoms with E-state index in [-0.39, 0.29) is 27.0 Å². The summed E-state index contributed by atoms with van der Waals surface area (Å²) in [6.07, 6.45) is 2.77. The minimum Gasteiger partial charge on any atom is -0.495 e. The molecule has 1 heterocycles. The molecule has 0 spiro atoms. The summed E-state index contributed by atoms with van der Waals surface area (Å²) in [7, 11) is -2.55. The number of methoxy groups -OCH3 is 1. The van der Waals surface area contributed by atoms with Gasteiger partial charge in [0.1, 0.15) is 10.6 Å². The van der Waals surface area contributed by atoms with Gasteiger partial charge >= 0.3 is 0 Å². The first-order valence-electron chi connectivity index (χ1n) is 5.60. The van der Waals surface area contributed by atoms with E-state index in [0.29, 0.717) is 4.47 Å². The summed E-state index contributed by atoms with van der Waals surface area (Å²) in [5.74, 6) is 0.156. The van der Waals surface area contributed by atoms with Gasteiger partial charge in [-0.2, -0.15) is 0 Å². The molecule has 2 aromatic rings. The number of nitrogen functional groups attached to an aromatic ring is 1. The summed E-state index contributed by atoms with van der Waals surface area (Å²) in [6.45, 7) is 0. The van der Waals surface area contributed by atoms with Crippen LogP contribution in [0.15, 0.2) is 40.0 Å². The molecule has 1 aromatic carbocycles. The largest absolute Gasteiger partial charge is 0.495 e. The van der Waals surface area contributed by atoms with Gasteiger partial charge in [-0.1, -0.05) is 11.6 Å². The lowest BCUT2D eigenvalue weighted by molar-refractivity contribution is 0.402. The maximum absolute atomic E-state index is 12.4. The fourth-order valence-electron chi connectivity index (χ4n) is 1.57. The monoisotopic (exact) mass is 391 g/mol. The fraction of sp³-hybridized carbons (Fsp3) is 0.0833. The Labute approximate surface area is 135 Å². The van der Waals surface area contributed by atoms with Crippen LogP contribution in [0.4, 0.5) is 11.4 Å². The molecule has 0 radical (unpaired) electrons. The Morgan fingerprint density at radius 1 is 1.43 bits per heavy atom. The van der Waals surface area contributed by atoms with Crippen molar-refractivity contribution in [2.45, 2.75) is 4.90 Å². The first-order valence-corrected chi connectivity index (χ1v) is 8.26. The summed E-state index contributed by atoms with van der Waals surface area (Å²) in [5, 5.41) is 0.234. The Kier molecular flexibility index (Phi) is 4.60. The van der Waals surface area contributed by atoms with Crippen LogP contribution in [0.5, 0.6) is 5.75 Å². The van der Waals surface area contributed by atoms with Gasteiger partial charge in [0, 0.05) is 16.4 Å². The molecule has 3 N–H and O–H groups in total. The summed E-state index contributed by atoms with van der Waals surface area (Å²) in [5.41, 5.74) is 6.17. The van der Waals surface area contributed by atoms with Gasteiger partial charge in [-0.15, -0.1) is 0 Å². The van der Waals surface area contributed by atoms with E-state index in [1.165, 1.54) is 37.7 Å². The number of nitrogens with zero attached hydrogens (tertiary/aromatic N) is 1. The number of nitrogens with two attached hydrogens (primary N) is 1. The predicted molar refractivity (Wildman–Crippen MR) is 85.2 cm³/mol. The SMILES string of the molecule is COc1cc(Br)c(N)cc1S(=O)(=O)Nc1cnccc1Cl. The van der Waals surface area contributed by atoms with E-state index in [2.05, 4.69) is 25.6 Å². The smallest absolute Gasteiger partial charge is 0.265 e. The zero-order chi connectivity index (χ0) is 15.6.